The molecule has 5 nitrogen and oxygen atoms in total. The van der Waals surface area contributed by atoms with E-state index in [1.54, 1.807) is 23.7 Å². The molecule has 6 heteroatoms. The summed E-state index contributed by atoms with van der Waals surface area (Å²) in [6.45, 7) is 2.02. The molecule has 0 saturated heterocycles. The monoisotopic (exact) mass is 415 g/mol. The molecule has 30 heavy (non-hydrogen) atoms. The maximum absolute atomic E-state index is 12.4. The van der Waals surface area contributed by atoms with E-state index in [0.717, 1.165) is 39.6 Å². The summed E-state index contributed by atoms with van der Waals surface area (Å²) in [5.74, 6) is 0.543. The van der Waals surface area contributed by atoms with E-state index in [1.165, 1.54) is 0 Å². The Hall–Kier alpha value is -3.51. The molecule has 0 radical (unpaired) electrons. The van der Waals surface area contributed by atoms with E-state index in [9.17, 15) is 4.79 Å². The minimum atomic E-state index is -0.201. The second-order valence-electron chi connectivity index (χ2n) is 6.66. The minimum absolute atomic E-state index is 0.0386. The highest BCUT2D eigenvalue weighted by Gasteiger charge is 2.10. The lowest BCUT2D eigenvalue weighted by molar-refractivity contribution is -0.118. The summed E-state index contributed by atoms with van der Waals surface area (Å²) in [5.41, 5.74) is 4.59. The van der Waals surface area contributed by atoms with Crippen molar-refractivity contribution in [3.8, 4) is 27.6 Å². The van der Waals surface area contributed by atoms with Crippen molar-refractivity contribution in [2.75, 3.05) is 11.9 Å². The number of ether oxygens (including phenoxy) is 1. The minimum Gasteiger partial charge on any atom is -0.483 e. The van der Waals surface area contributed by atoms with Crippen molar-refractivity contribution < 1.29 is 9.53 Å². The van der Waals surface area contributed by atoms with Crippen LogP contribution in [0.5, 0.6) is 5.75 Å². The van der Waals surface area contributed by atoms with Gasteiger partial charge in [-0.15, -0.1) is 11.3 Å². The van der Waals surface area contributed by atoms with Crippen LogP contribution in [0.15, 0.2) is 78.4 Å². The highest BCUT2D eigenvalue weighted by atomic mass is 32.1. The van der Waals surface area contributed by atoms with Crippen LogP contribution in [0.4, 0.5) is 5.69 Å². The first-order chi connectivity index (χ1) is 14.7. The van der Waals surface area contributed by atoms with Gasteiger partial charge in [-0.2, -0.15) is 0 Å². The fraction of sp³-hybridized carbons (Fsp3) is 0.125. The summed E-state index contributed by atoms with van der Waals surface area (Å²) >= 11 is 1.57. The Bertz CT molecular complexity index is 1140. The van der Waals surface area contributed by atoms with E-state index in [0.29, 0.717) is 5.69 Å². The lowest BCUT2D eigenvalue weighted by atomic mass is 10.1. The molecular formula is C24H21N3O2S. The Kier molecular flexibility index (Phi) is 6.15. The number of para-hydroxylation sites is 1. The standard InChI is InChI=1S/C24H21N3O2S/c1-2-17-7-3-4-11-22(17)29-15-23(28)26-20-10-5-8-18(13-20)21-16-30-24(27-21)19-9-6-12-25-14-19/h3-14,16H,2,15H2,1H3,(H,26,28). The molecule has 2 aromatic heterocycles. The molecular weight excluding hydrogens is 394 g/mol. The van der Waals surface area contributed by atoms with Crippen LogP contribution in [0.2, 0.25) is 0 Å². The molecule has 0 atom stereocenters. The van der Waals surface area contributed by atoms with Crippen LogP contribution in [-0.2, 0) is 11.2 Å². The molecule has 0 aliphatic carbocycles. The number of carbonyl (C=O) groups excluding carboxylic acids is 1. The number of rotatable bonds is 7. The van der Waals surface area contributed by atoms with Crippen molar-refractivity contribution in [1.82, 2.24) is 9.97 Å². The smallest absolute Gasteiger partial charge is 0.262 e. The van der Waals surface area contributed by atoms with Gasteiger partial charge in [-0.25, -0.2) is 4.98 Å². The summed E-state index contributed by atoms with van der Waals surface area (Å²) in [4.78, 5) is 21.2. The summed E-state index contributed by atoms with van der Waals surface area (Å²) in [6, 6.07) is 19.3. The topological polar surface area (TPSA) is 64.1 Å². The van der Waals surface area contributed by atoms with Crippen molar-refractivity contribution >= 4 is 22.9 Å². The molecule has 0 saturated carbocycles. The summed E-state index contributed by atoms with van der Waals surface area (Å²) in [6.07, 6.45) is 4.40. The number of nitrogens with zero attached hydrogens (tertiary/aromatic N) is 2. The van der Waals surface area contributed by atoms with Crippen LogP contribution >= 0.6 is 11.3 Å². The second kappa shape index (κ2) is 9.33. The van der Waals surface area contributed by atoms with Gasteiger partial charge in [0.05, 0.1) is 5.69 Å². The van der Waals surface area contributed by atoms with Crippen LogP contribution < -0.4 is 10.1 Å². The SMILES string of the molecule is CCc1ccccc1OCC(=O)Nc1cccc(-c2csc(-c3cccnc3)n2)c1. The van der Waals surface area contributed by atoms with Crippen molar-refractivity contribution in [2.45, 2.75) is 13.3 Å². The first-order valence-electron chi connectivity index (χ1n) is 9.70. The Morgan fingerprint density at radius 1 is 1.07 bits per heavy atom. The van der Waals surface area contributed by atoms with Gasteiger partial charge in [0.2, 0.25) is 0 Å². The number of amides is 1. The van der Waals surface area contributed by atoms with Crippen LogP contribution in [-0.4, -0.2) is 22.5 Å². The van der Waals surface area contributed by atoms with Gasteiger partial charge >= 0.3 is 0 Å². The number of nitrogens with one attached hydrogen (secondary N) is 1. The van der Waals surface area contributed by atoms with Gasteiger partial charge in [0, 0.05) is 34.6 Å². The lowest BCUT2D eigenvalue weighted by Crippen LogP contribution is -2.20. The third kappa shape index (κ3) is 4.72. The van der Waals surface area contributed by atoms with Gasteiger partial charge in [-0.1, -0.05) is 37.3 Å². The highest BCUT2D eigenvalue weighted by Crippen LogP contribution is 2.29. The maximum atomic E-state index is 12.4. The fourth-order valence-electron chi connectivity index (χ4n) is 3.06. The molecule has 1 amide bonds. The van der Waals surface area contributed by atoms with Crippen LogP contribution in [0, 0.1) is 0 Å². The zero-order chi connectivity index (χ0) is 20.8. The van der Waals surface area contributed by atoms with E-state index >= 15 is 0 Å². The van der Waals surface area contributed by atoms with Crippen molar-refractivity contribution in [1.29, 1.82) is 0 Å². The third-order valence-electron chi connectivity index (χ3n) is 4.57. The Labute approximate surface area is 179 Å². The fourth-order valence-corrected chi connectivity index (χ4v) is 3.88. The Morgan fingerprint density at radius 3 is 2.77 bits per heavy atom. The third-order valence-corrected chi connectivity index (χ3v) is 5.46. The molecule has 2 aromatic carbocycles. The van der Waals surface area contributed by atoms with E-state index in [4.69, 9.17) is 9.72 Å². The van der Waals surface area contributed by atoms with E-state index < -0.39 is 0 Å². The van der Waals surface area contributed by atoms with Gasteiger partial charge in [0.1, 0.15) is 10.8 Å². The first-order valence-corrected chi connectivity index (χ1v) is 10.6. The Balaban J connectivity index is 1.42. The molecule has 0 bridgehead atoms. The molecule has 2 heterocycles. The van der Waals surface area contributed by atoms with Crippen LogP contribution in [0.3, 0.4) is 0 Å². The molecule has 150 valence electrons. The molecule has 0 fully saturated rings. The number of hydrogen-bond acceptors (Lipinski definition) is 5. The summed E-state index contributed by atoms with van der Waals surface area (Å²) in [7, 11) is 0. The van der Waals surface area contributed by atoms with Gasteiger partial charge < -0.3 is 10.1 Å². The van der Waals surface area contributed by atoms with Crippen LogP contribution in [0.1, 0.15) is 12.5 Å². The zero-order valence-corrected chi connectivity index (χ0v) is 17.4. The second-order valence-corrected chi connectivity index (χ2v) is 7.52. The van der Waals surface area contributed by atoms with Crippen molar-refractivity contribution in [2.24, 2.45) is 0 Å². The molecule has 0 unspecified atom stereocenters. The molecule has 4 aromatic rings. The molecule has 4 rings (SSSR count). The van der Waals surface area contributed by atoms with Crippen molar-refractivity contribution in [3.63, 3.8) is 0 Å². The maximum Gasteiger partial charge on any atom is 0.262 e. The van der Waals surface area contributed by atoms with Crippen LogP contribution in [0.25, 0.3) is 21.8 Å². The largest absolute Gasteiger partial charge is 0.483 e. The number of thiazole rings is 1. The lowest BCUT2D eigenvalue weighted by Gasteiger charge is -2.11. The van der Waals surface area contributed by atoms with E-state index in [1.807, 2.05) is 66.0 Å². The zero-order valence-electron chi connectivity index (χ0n) is 16.5. The van der Waals surface area contributed by atoms with Crippen molar-refractivity contribution in [3.05, 3.63) is 84.0 Å². The molecule has 1 N–H and O–H groups in total. The summed E-state index contributed by atoms with van der Waals surface area (Å²) < 4.78 is 5.70. The number of aromatic nitrogens is 2. The normalized spacial score (nSPS) is 10.6. The predicted octanol–water partition coefficient (Wildman–Crippen LogP) is 5.45. The molecule has 0 spiro atoms. The van der Waals surface area contributed by atoms with Gasteiger partial charge in [0.15, 0.2) is 6.61 Å². The number of pyridine rings is 1. The van der Waals surface area contributed by atoms with Gasteiger partial charge in [-0.3, -0.25) is 9.78 Å². The quantitative estimate of drug-likeness (QED) is 0.436. The summed E-state index contributed by atoms with van der Waals surface area (Å²) in [5, 5.41) is 5.82. The number of hydrogen-bond donors (Lipinski definition) is 1. The first kappa shape index (κ1) is 19.8. The highest BCUT2D eigenvalue weighted by molar-refractivity contribution is 7.13. The van der Waals surface area contributed by atoms with Gasteiger partial charge in [-0.05, 0) is 42.3 Å². The molecule has 0 aliphatic heterocycles. The number of anilines is 1. The Morgan fingerprint density at radius 2 is 1.93 bits per heavy atom. The number of carbonyl (C=O) groups is 1. The molecule has 0 aliphatic rings. The van der Waals surface area contributed by atoms with Gasteiger partial charge in [0.25, 0.3) is 5.91 Å². The number of benzene rings is 2. The van der Waals surface area contributed by atoms with E-state index in [2.05, 4.69) is 17.2 Å². The predicted molar refractivity (Wildman–Crippen MR) is 121 cm³/mol. The average molecular weight is 416 g/mol. The van der Waals surface area contributed by atoms with E-state index in [-0.39, 0.29) is 12.5 Å². The average Bonchev–Trinajstić information content (AvgIpc) is 3.29. The number of aryl methyl sites for hydroxylation is 1.